The maximum atomic E-state index is 12.3. The number of rotatable bonds is 6. The van der Waals surface area contributed by atoms with Gasteiger partial charge in [0.15, 0.2) is 6.61 Å². The molecule has 0 aliphatic rings. The molecule has 2 aromatic carbocycles. The number of anilines is 1. The Hall–Kier alpha value is -4.14. The van der Waals surface area contributed by atoms with E-state index in [1.807, 2.05) is 0 Å². The summed E-state index contributed by atoms with van der Waals surface area (Å²) in [6.07, 6.45) is 0. The van der Waals surface area contributed by atoms with Crippen molar-refractivity contribution in [3.8, 4) is 5.75 Å². The highest BCUT2D eigenvalue weighted by Crippen LogP contribution is 2.22. The van der Waals surface area contributed by atoms with Gasteiger partial charge in [-0.2, -0.15) is 0 Å². The number of fused-ring (bicyclic) bond motifs is 1. The Morgan fingerprint density at radius 3 is 2.19 bits per heavy atom. The summed E-state index contributed by atoms with van der Waals surface area (Å²) in [4.78, 5) is 47.5. The molecule has 0 aliphatic carbocycles. The van der Waals surface area contributed by atoms with Crippen molar-refractivity contribution >= 4 is 34.5 Å². The summed E-state index contributed by atoms with van der Waals surface area (Å²) in [6, 6.07) is 10.3. The topological polar surface area (TPSA) is 121 Å². The molecular weight excluding hydrogens is 406 g/mol. The SMILES string of the molecule is COC(=O)c1cc(NC(=O)COc2ccc3c(C)cc(=O)oc3c2)cc(C(=O)OC)c1. The number of methoxy groups -OCH3 is 2. The molecule has 1 N–H and O–H groups in total. The van der Waals surface area contributed by atoms with E-state index in [2.05, 4.69) is 14.8 Å². The van der Waals surface area contributed by atoms with Gasteiger partial charge >= 0.3 is 17.6 Å². The minimum atomic E-state index is -0.676. The Morgan fingerprint density at radius 2 is 1.58 bits per heavy atom. The van der Waals surface area contributed by atoms with E-state index in [-0.39, 0.29) is 23.4 Å². The zero-order valence-electron chi connectivity index (χ0n) is 17.0. The summed E-state index contributed by atoms with van der Waals surface area (Å²) in [5.41, 5.74) is 0.964. The van der Waals surface area contributed by atoms with Crippen LogP contribution in [-0.2, 0) is 14.3 Å². The number of aryl methyl sites for hydroxylation is 1. The zero-order chi connectivity index (χ0) is 22.5. The number of hydrogen-bond acceptors (Lipinski definition) is 8. The van der Waals surface area contributed by atoms with Gasteiger partial charge in [-0.15, -0.1) is 0 Å². The van der Waals surface area contributed by atoms with Crippen LogP contribution in [0, 0.1) is 6.92 Å². The number of benzene rings is 2. The van der Waals surface area contributed by atoms with E-state index in [0.29, 0.717) is 11.3 Å². The van der Waals surface area contributed by atoms with Crippen LogP contribution in [-0.4, -0.2) is 38.7 Å². The third-order valence-electron chi connectivity index (χ3n) is 4.35. The first kappa shape index (κ1) is 21.6. The maximum absolute atomic E-state index is 12.3. The van der Waals surface area contributed by atoms with Gasteiger partial charge in [0.25, 0.3) is 5.91 Å². The summed E-state index contributed by atoms with van der Waals surface area (Å²) in [6.45, 7) is 1.43. The molecule has 0 saturated carbocycles. The van der Waals surface area contributed by atoms with Gasteiger partial charge in [-0.1, -0.05) is 0 Å². The predicted molar refractivity (Wildman–Crippen MR) is 110 cm³/mol. The summed E-state index contributed by atoms with van der Waals surface area (Å²) >= 11 is 0. The monoisotopic (exact) mass is 425 g/mol. The summed E-state index contributed by atoms with van der Waals surface area (Å²) in [7, 11) is 2.40. The fourth-order valence-electron chi connectivity index (χ4n) is 2.91. The van der Waals surface area contributed by atoms with Crippen LogP contribution in [0.15, 0.2) is 51.7 Å². The highest BCUT2D eigenvalue weighted by atomic mass is 16.5. The van der Waals surface area contributed by atoms with Crippen molar-refractivity contribution < 1.29 is 33.0 Å². The van der Waals surface area contributed by atoms with Crippen LogP contribution in [0.3, 0.4) is 0 Å². The molecular formula is C22H19NO8. The highest BCUT2D eigenvalue weighted by Gasteiger charge is 2.15. The molecule has 0 bridgehead atoms. The van der Waals surface area contributed by atoms with Crippen molar-refractivity contribution in [2.75, 3.05) is 26.1 Å². The molecule has 160 valence electrons. The Labute approximate surface area is 176 Å². The molecule has 31 heavy (non-hydrogen) atoms. The molecule has 0 saturated heterocycles. The van der Waals surface area contributed by atoms with Crippen molar-refractivity contribution in [1.29, 1.82) is 0 Å². The van der Waals surface area contributed by atoms with Crippen LogP contribution in [0.4, 0.5) is 5.69 Å². The average Bonchev–Trinajstić information content (AvgIpc) is 2.75. The number of esters is 2. The standard InChI is InChI=1S/C22H19NO8/c1-12-6-20(25)31-18-10-16(4-5-17(12)18)30-11-19(24)23-15-8-13(21(26)28-2)7-14(9-15)22(27)29-3/h4-10H,11H2,1-3H3,(H,23,24). The van der Waals surface area contributed by atoms with Crippen LogP contribution >= 0.6 is 0 Å². The summed E-state index contributed by atoms with van der Waals surface area (Å²) in [5.74, 6) is -1.56. The van der Waals surface area contributed by atoms with E-state index < -0.39 is 23.5 Å². The number of carbonyl (C=O) groups is 3. The molecule has 1 aromatic heterocycles. The van der Waals surface area contributed by atoms with E-state index in [9.17, 15) is 19.2 Å². The van der Waals surface area contributed by atoms with E-state index >= 15 is 0 Å². The minimum Gasteiger partial charge on any atom is -0.484 e. The molecule has 0 fully saturated rings. The molecule has 9 heteroatoms. The van der Waals surface area contributed by atoms with Crippen LogP contribution in [0.5, 0.6) is 5.75 Å². The van der Waals surface area contributed by atoms with Gasteiger partial charge < -0.3 is 23.9 Å². The first-order valence-electron chi connectivity index (χ1n) is 9.09. The predicted octanol–water partition coefficient (Wildman–Crippen LogP) is 2.69. The lowest BCUT2D eigenvalue weighted by molar-refractivity contribution is -0.118. The van der Waals surface area contributed by atoms with Crippen molar-refractivity contribution in [2.45, 2.75) is 6.92 Å². The van der Waals surface area contributed by atoms with Crippen LogP contribution in [0.25, 0.3) is 11.0 Å². The van der Waals surface area contributed by atoms with Crippen molar-refractivity contribution in [1.82, 2.24) is 0 Å². The number of hydrogen-bond donors (Lipinski definition) is 1. The zero-order valence-corrected chi connectivity index (χ0v) is 17.0. The molecule has 1 heterocycles. The second-order valence-electron chi connectivity index (χ2n) is 6.53. The largest absolute Gasteiger partial charge is 0.484 e. The van der Waals surface area contributed by atoms with Gasteiger partial charge in [-0.3, -0.25) is 4.79 Å². The number of amides is 1. The second-order valence-corrected chi connectivity index (χ2v) is 6.53. The summed E-state index contributed by atoms with van der Waals surface area (Å²) < 4.78 is 19.9. The van der Waals surface area contributed by atoms with Gasteiger partial charge in [-0.05, 0) is 42.8 Å². The minimum absolute atomic E-state index is 0.0709. The molecule has 0 spiro atoms. The van der Waals surface area contributed by atoms with Crippen LogP contribution in [0.2, 0.25) is 0 Å². The number of ether oxygens (including phenoxy) is 3. The van der Waals surface area contributed by atoms with E-state index in [1.54, 1.807) is 19.1 Å². The lowest BCUT2D eigenvalue weighted by Crippen LogP contribution is -2.21. The first-order valence-corrected chi connectivity index (χ1v) is 9.09. The third-order valence-corrected chi connectivity index (χ3v) is 4.35. The van der Waals surface area contributed by atoms with Crippen LogP contribution in [0.1, 0.15) is 26.3 Å². The lowest BCUT2D eigenvalue weighted by Gasteiger charge is -2.11. The molecule has 0 radical (unpaired) electrons. The van der Waals surface area contributed by atoms with Gasteiger partial charge in [0.2, 0.25) is 0 Å². The second kappa shape index (κ2) is 9.12. The fourth-order valence-corrected chi connectivity index (χ4v) is 2.91. The molecule has 0 aliphatic heterocycles. The third kappa shape index (κ3) is 5.08. The molecule has 0 unspecified atom stereocenters. The Balaban J connectivity index is 1.74. The molecule has 3 aromatic rings. The van der Waals surface area contributed by atoms with Gasteiger partial charge in [0.05, 0.1) is 25.3 Å². The normalized spacial score (nSPS) is 10.4. The Kier molecular flexibility index (Phi) is 6.35. The van der Waals surface area contributed by atoms with Gasteiger partial charge in [0.1, 0.15) is 11.3 Å². The van der Waals surface area contributed by atoms with E-state index in [1.165, 1.54) is 44.6 Å². The van der Waals surface area contributed by atoms with Crippen molar-refractivity contribution in [3.05, 3.63) is 69.6 Å². The number of carbonyl (C=O) groups excluding carboxylic acids is 3. The molecule has 3 rings (SSSR count). The molecule has 0 atom stereocenters. The molecule has 9 nitrogen and oxygen atoms in total. The Bertz CT molecular complexity index is 1190. The van der Waals surface area contributed by atoms with Crippen molar-refractivity contribution in [3.63, 3.8) is 0 Å². The Morgan fingerprint density at radius 1 is 0.935 bits per heavy atom. The molecule has 1 amide bonds. The first-order chi connectivity index (χ1) is 14.8. The maximum Gasteiger partial charge on any atom is 0.337 e. The smallest absolute Gasteiger partial charge is 0.337 e. The fraction of sp³-hybridized carbons (Fsp3) is 0.182. The number of nitrogens with one attached hydrogen (secondary N) is 1. The van der Waals surface area contributed by atoms with Gasteiger partial charge in [0, 0.05) is 23.2 Å². The van der Waals surface area contributed by atoms with E-state index in [0.717, 1.165) is 10.9 Å². The average molecular weight is 425 g/mol. The highest BCUT2D eigenvalue weighted by molar-refractivity contribution is 5.99. The summed E-state index contributed by atoms with van der Waals surface area (Å²) in [5, 5.41) is 3.31. The van der Waals surface area contributed by atoms with Crippen LogP contribution < -0.4 is 15.7 Å². The quantitative estimate of drug-likeness (QED) is 0.473. The van der Waals surface area contributed by atoms with Gasteiger partial charge in [-0.25, -0.2) is 14.4 Å². The van der Waals surface area contributed by atoms with Crippen molar-refractivity contribution in [2.24, 2.45) is 0 Å². The lowest BCUT2D eigenvalue weighted by atomic mass is 10.1. The van der Waals surface area contributed by atoms with E-state index in [4.69, 9.17) is 9.15 Å².